The van der Waals surface area contributed by atoms with Crippen LogP contribution in [0, 0.1) is 7.14 Å². The highest BCUT2D eigenvalue weighted by Crippen LogP contribution is 2.01. The van der Waals surface area contributed by atoms with E-state index in [9.17, 15) is 4.79 Å². The van der Waals surface area contributed by atoms with Gasteiger partial charge in [0.15, 0.2) is 7.14 Å². The molecule has 0 atom stereocenters. The molecule has 2 aromatic rings. The highest BCUT2D eigenvalue weighted by atomic mass is 127. The number of hydrogen-bond donors (Lipinski definition) is 0. The van der Waals surface area contributed by atoms with E-state index in [0.717, 1.165) is 0 Å². The van der Waals surface area contributed by atoms with Gasteiger partial charge in [-0.1, -0.05) is 24.3 Å². The van der Waals surface area contributed by atoms with E-state index in [-0.39, 0.29) is 33.8 Å². The lowest BCUT2D eigenvalue weighted by atomic mass is 10.2. The zero-order valence-corrected chi connectivity index (χ0v) is 13.4. The maximum atomic E-state index is 11.9. The summed E-state index contributed by atoms with van der Waals surface area (Å²) < 4.78 is 12.5. The van der Waals surface area contributed by atoms with Crippen molar-refractivity contribution in [1.29, 1.82) is 0 Å². The van der Waals surface area contributed by atoms with E-state index in [0.29, 0.717) is 12.2 Å². The lowest BCUT2D eigenvalue weighted by molar-refractivity contribution is -0.597. The van der Waals surface area contributed by atoms with Crippen LogP contribution in [0.5, 0.6) is 0 Å². The Morgan fingerprint density at radius 2 is 1.75 bits per heavy atom. The Morgan fingerprint density at radius 3 is 2.50 bits per heavy atom. The maximum Gasteiger partial charge on any atom is 0.357 e. The van der Waals surface area contributed by atoms with E-state index in [1.807, 2.05) is 30.3 Å². The second-order valence-electron chi connectivity index (χ2n) is 4.03. The van der Waals surface area contributed by atoms with Crippen LogP contribution in [0.25, 0.3) is 0 Å². The van der Waals surface area contributed by atoms with E-state index < -0.39 is 0 Å². The van der Waals surface area contributed by atoms with Gasteiger partial charge in [0, 0.05) is 13.2 Å². The third-order valence-electron chi connectivity index (χ3n) is 2.53. The van der Waals surface area contributed by atoms with Crippen molar-refractivity contribution in [3.05, 3.63) is 67.3 Å². The molecule has 0 saturated carbocycles. The molecule has 0 aromatic heterocycles. The first kappa shape index (κ1) is 15.0. The van der Waals surface area contributed by atoms with Gasteiger partial charge in [0.25, 0.3) is 0 Å². The second kappa shape index (κ2) is 8.01. The lowest BCUT2D eigenvalue weighted by Gasteiger charge is -2.03. The molecule has 3 nitrogen and oxygen atoms in total. The van der Waals surface area contributed by atoms with Crippen molar-refractivity contribution in [3.63, 3.8) is 0 Å². The van der Waals surface area contributed by atoms with Crippen molar-refractivity contribution in [1.82, 2.24) is 0 Å². The Bertz CT molecular complexity index is 555. The summed E-state index contributed by atoms with van der Waals surface area (Å²) in [5, 5.41) is 0. The molecule has 0 bridgehead atoms. The number of ether oxygens (including phenoxy) is 2. The van der Waals surface area contributed by atoms with Crippen LogP contribution in [-0.4, -0.2) is 26.3 Å². The molecule has 0 aliphatic heterocycles. The summed E-state index contributed by atoms with van der Waals surface area (Å²) in [6, 6.07) is 18.0. The number of hydrogen-bond acceptors (Lipinski definition) is 3. The minimum absolute atomic E-state index is 0.263. The van der Waals surface area contributed by atoms with Crippen LogP contribution in [0.4, 0.5) is 0 Å². The van der Waals surface area contributed by atoms with Gasteiger partial charge in [-0.2, -0.15) is 0 Å². The van der Waals surface area contributed by atoms with Crippen molar-refractivity contribution in [2.24, 2.45) is 0 Å². The summed E-state index contributed by atoms with van der Waals surface area (Å²) in [4.78, 5) is 11.9. The van der Waals surface area contributed by atoms with Crippen molar-refractivity contribution >= 4 is 5.97 Å². The van der Waals surface area contributed by atoms with Gasteiger partial charge in [-0.3, -0.25) is 0 Å². The molecule has 20 heavy (non-hydrogen) atoms. The zero-order valence-electron chi connectivity index (χ0n) is 11.2. The molecule has 0 saturated heterocycles. The number of benzene rings is 2. The Kier molecular flexibility index (Phi) is 6.01. The first-order chi connectivity index (χ1) is 9.79. The highest BCUT2D eigenvalue weighted by Gasteiger charge is 2.17. The number of halogens is 1. The summed E-state index contributed by atoms with van der Waals surface area (Å²) >= 11 is -0.263. The summed E-state index contributed by atoms with van der Waals surface area (Å²) in [6.45, 7) is 0.704. The molecule has 0 unspecified atom stereocenters. The normalized spacial score (nSPS) is 10.2. The number of methoxy groups -OCH3 is 1. The average Bonchev–Trinajstić information content (AvgIpc) is 2.49. The van der Waals surface area contributed by atoms with Gasteiger partial charge in [0.05, 0.1) is 12.2 Å². The molecule has 4 heteroatoms. The lowest BCUT2D eigenvalue weighted by Crippen LogP contribution is -3.61. The summed E-state index contributed by atoms with van der Waals surface area (Å²) in [6.07, 6.45) is 0. The van der Waals surface area contributed by atoms with Crippen LogP contribution in [0.1, 0.15) is 10.4 Å². The van der Waals surface area contributed by atoms with Gasteiger partial charge in [0.1, 0.15) is 6.61 Å². The zero-order chi connectivity index (χ0) is 14.2. The van der Waals surface area contributed by atoms with Crippen LogP contribution >= 0.6 is 0 Å². The Labute approximate surface area is 129 Å². The van der Waals surface area contributed by atoms with Crippen LogP contribution in [0.2, 0.25) is 0 Å². The molecule has 0 N–H and O–H groups in total. The molecule has 104 valence electrons. The van der Waals surface area contributed by atoms with E-state index in [1.165, 1.54) is 7.14 Å². The monoisotopic (exact) mass is 383 g/mol. The predicted octanol–water partition coefficient (Wildman–Crippen LogP) is -0.382. The fourth-order valence-electron chi connectivity index (χ4n) is 1.58. The smallest absolute Gasteiger partial charge is 0.357 e. The van der Waals surface area contributed by atoms with Gasteiger partial charge in [0.2, 0.25) is 0 Å². The van der Waals surface area contributed by atoms with E-state index >= 15 is 0 Å². The van der Waals surface area contributed by atoms with Crippen molar-refractivity contribution < 1.29 is 35.5 Å². The minimum atomic E-state index is -0.291. The molecule has 2 aromatic carbocycles. The largest absolute Gasteiger partial charge is 0.460 e. The third-order valence-corrected chi connectivity index (χ3v) is 5.17. The second-order valence-corrected chi connectivity index (χ2v) is 7.06. The fourth-order valence-corrected chi connectivity index (χ4v) is 3.95. The van der Waals surface area contributed by atoms with Gasteiger partial charge in [-0.05, 0) is 24.3 Å². The van der Waals surface area contributed by atoms with Crippen LogP contribution in [0.15, 0.2) is 54.6 Å². The first-order valence-corrected chi connectivity index (χ1v) is 8.41. The van der Waals surface area contributed by atoms with Gasteiger partial charge in [-0.15, -0.1) is 0 Å². The van der Waals surface area contributed by atoms with E-state index in [4.69, 9.17) is 9.47 Å². The van der Waals surface area contributed by atoms with Gasteiger partial charge < -0.3 is 9.47 Å². The molecule has 0 spiro atoms. The van der Waals surface area contributed by atoms with Crippen LogP contribution in [-0.2, 0) is 9.47 Å². The van der Waals surface area contributed by atoms with Crippen molar-refractivity contribution in [2.75, 3.05) is 20.3 Å². The average molecular weight is 383 g/mol. The molecule has 0 heterocycles. The SMILES string of the molecule is COCCOC(=O)c1cccc([I+]c2ccccc2)c1. The van der Waals surface area contributed by atoms with E-state index in [2.05, 4.69) is 18.2 Å². The molecular weight excluding hydrogens is 367 g/mol. The quantitative estimate of drug-likeness (QED) is 0.388. The third kappa shape index (κ3) is 4.61. The minimum Gasteiger partial charge on any atom is -0.460 e. The Balaban J connectivity index is 2.02. The standard InChI is InChI=1S/C16H16IO3/c1-19-10-11-20-16(18)13-6-5-9-15(12-13)17-14-7-3-2-4-8-14/h2-9,12H,10-11H2,1H3/q+1. The molecule has 0 aliphatic carbocycles. The Hall–Kier alpha value is -1.40. The molecular formula is C16H16IO3+. The molecule has 0 amide bonds. The molecule has 0 fully saturated rings. The fraction of sp³-hybridized carbons (Fsp3) is 0.188. The van der Waals surface area contributed by atoms with Gasteiger partial charge in [-0.25, -0.2) is 4.79 Å². The number of carbonyl (C=O) groups is 1. The van der Waals surface area contributed by atoms with E-state index in [1.54, 1.807) is 13.2 Å². The van der Waals surface area contributed by atoms with Gasteiger partial charge >= 0.3 is 27.2 Å². The van der Waals surface area contributed by atoms with Crippen molar-refractivity contribution in [2.45, 2.75) is 0 Å². The predicted molar refractivity (Wildman–Crippen MR) is 72.4 cm³/mol. The first-order valence-electron chi connectivity index (χ1n) is 6.25. The topological polar surface area (TPSA) is 35.5 Å². The molecule has 2 rings (SSSR count). The summed E-state index contributed by atoms with van der Waals surface area (Å²) in [5.41, 5.74) is 0.606. The highest BCUT2D eigenvalue weighted by molar-refractivity contribution is 5.89. The number of rotatable bonds is 6. The van der Waals surface area contributed by atoms with Crippen LogP contribution in [0.3, 0.4) is 0 Å². The summed E-state index contributed by atoms with van der Waals surface area (Å²) in [5.74, 6) is -0.291. The number of carbonyl (C=O) groups excluding carboxylic acids is 1. The molecule has 0 radical (unpaired) electrons. The summed E-state index contributed by atoms with van der Waals surface area (Å²) in [7, 11) is 1.58. The Morgan fingerprint density at radius 1 is 1.00 bits per heavy atom. The van der Waals surface area contributed by atoms with Crippen molar-refractivity contribution in [3.8, 4) is 0 Å². The number of esters is 1. The molecule has 0 aliphatic rings. The maximum absolute atomic E-state index is 11.9. The van der Waals surface area contributed by atoms with Crippen LogP contribution < -0.4 is 21.2 Å².